The molecule has 1 amide bonds. The van der Waals surface area contributed by atoms with Gasteiger partial charge in [0.2, 0.25) is 0 Å². The Balaban J connectivity index is 1.71. The maximum absolute atomic E-state index is 12.7. The molecule has 7 heteroatoms. The van der Waals surface area contributed by atoms with E-state index in [-0.39, 0.29) is 17.9 Å². The lowest BCUT2D eigenvalue weighted by Gasteiger charge is -2.24. The first-order chi connectivity index (χ1) is 11.2. The predicted molar refractivity (Wildman–Crippen MR) is 84.1 cm³/mol. The van der Waals surface area contributed by atoms with Crippen molar-refractivity contribution in [3.8, 4) is 0 Å². The molecule has 23 heavy (non-hydrogen) atoms. The van der Waals surface area contributed by atoms with Crippen LogP contribution >= 0.6 is 0 Å². The Morgan fingerprint density at radius 3 is 3.13 bits per heavy atom. The molecular weight excluding hydrogens is 294 g/mol. The molecule has 122 valence electrons. The van der Waals surface area contributed by atoms with Gasteiger partial charge >= 0.3 is 0 Å². The van der Waals surface area contributed by atoms with Gasteiger partial charge in [0.1, 0.15) is 12.2 Å². The molecule has 2 aromatic rings. The van der Waals surface area contributed by atoms with Gasteiger partial charge in [0.15, 0.2) is 0 Å². The Morgan fingerprint density at radius 1 is 1.52 bits per heavy atom. The summed E-state index contributed by atoms with van der Waals surface area (Å²) in [6, 6.07) is 1.78. The monoisotopic (exact) mass is 315 g/mol. The molecule has 0 spiro atoms. The zero-order valence-electron chi connectivity index (χ0n) is 13.4. The highest BCUT2D eigenvalue weighted by atomic mass is 16.5. The summed E-state index contributed by atoms with van der Waals surface area (Å²) in [5.41, 5.74) is 1.67. The van der Waals surface area contributed by atoms with E-state index in [1.54, 1.807) is 30.4 Å². The fraction of sp³-hybridized carbons (Fsp3) is 0.500. The third-order valence-corrected chi connectivity index (χ3v) is 4.31. The maximum Gasteiger partial charge on any atom is 0.254 e. The van der Waals surface area contributed by atoms with Gasteiger partial charge in [-0.2, -0.15) is 5.10 Å². The molecule has 7 nitrogen and oxygen atoms in total. The van der Waals surface area contributed by atoms with Crippen LogP contribution in [0, 0.1) is 0 Å². The second-order valence-electron chi connectivity index (χ2n) is 5.75. The Bertz CT molecular complexity index is 658. The summed E-state index contributed by atoms with van der Waals surface area (Å²) >= 11 is 0. The van der Waals surface area contributed by atoms with Crippen LogP contribution in [-0.4, -0.2) is 57.3 Å². The summed E-state index contributed by atoms with van der Waals surface area (Å²) in [6.45, 7) is 3.22. The van der Waals surface area contributed by atoms with Gasteiger partial charge in [-0.15, -0.1) is 0 Å². The Hall–Kier alpha value is -2.28. The van der Waals surface area contributed by atoms with Crippen LogP contribution in [0.2, 0.25) is 0 Å². The third-order valence-electron chi connectivity index (χ3n) is 4.31. The quantitative estimate of drug-likeness (QED) is 0.902. The minimum Gasteiger partial charge on any atom is -0.376 e. The highest BCUT2D eigenvalue weighted by molar-refractivity contribution is 5.95. The molecule has 1 N–H and O–H groups in total. The molecule has 2 aromatic heterocycles. The Kier molecular flexibility index (Phi) is 4.66. The number of carbonyl (C=O) groups excluding carboxylic acids is 1. The summed E-state index contributed by atoms with van der Waals surface area (Å²) in [5, 5.41) is 6.82. The molecule has 3 rings (SSSR count). The van der Waals surface area contributed by atoms with Crippen LogP contribution in [0.1, 0.15) is 41.0 Å². The molecule has 0 saturated carbocycles. The van der Waals surface area contributed by atoms with Crippen molar-refractivity contribution in [1.82, 2.24) is 25.1 Å². The normalized spacial score (nSPS) is 20.6. The van der Waals surface area contributed by atoms with Crippen molar-refractivity contribution in [2.24, 2.45) is 0 Å². The van der Waals surface area contributed by atoms with Crippen LogP contribution in [0.3, 0.4) is 0 Å². The molecule has 1 fully saturated rings. The zero-order valence-corrected chi connectivity index (χ0v) is 13.4. The number of rotatable bonds is 5. The van der Waals surface area contributed by atoms with Crippen LogP contribution in [0.15, 0.2) is 24.8 Å². The van der Waals surface area contributed by atoms with E-state index in [0.717, 1.165) is 24.2 Å². The fourth-order valence-electron chi connectivity index (χ4n) is 3.01. The number of carbonyl (C=O) groups is 1. The number of aryl methyl sites for hydroxylation is 1. The average Bonchev–Trinajstić information content (AvgIpc) is 3.25. The standard InChI is InChI=1S/C16H21N5O2/c1-3-11-8-17-6-4-12(11)16(22)21(2)9-14-13(5-7-23-14)15-18-10-19-20-15/h4,6,8,10,13-14H,3,5,7,9H2,1-2H3,(H,18,19,20)/t13-,14-/m1/s1. The number of hydrogen-bond acceptors (Lipinski definition) is 5. The smallest absolute Gasteiger partial charge is 0.254 e. The molecule has 0 aliphatic carbocycles. The van der Waals surface area contributed by atoms with E-state index in [0.29, 0.717) is 18.7 Å². The number of likely N-dealkylation sites (N-methyl/N-ethyl adjacent to an activating group) is 1. The number of pyridine rings is 1. The van der Waals surface area contributed by atoms with Gasteiger partial charge in [-0.25, -0.2) is 4.98 Å². The van der Waals surface area contributed by atoms with Crippen LogP contribution in [0.5, 0.6) is 0 Å². The van der Waals surface area contributed by atoms with Crippen LogP contribution < -0.4 is 0 Å². The minimum atomic E-state index is -0.0659. The van der Waals surface area contributed by atoms with Gasteiger partial charge in [0.05, 0.1) is 6.10 Å². The van der Waals surface area contributed by atoms with Gasteiger partial charge in [0.25, 0.3) is 5.91 Å². The van der Waals surface area contributed by atoms with E-state index in [1.807, 2.05) is 6.92 Å². The summed E-state index contributed by atoms with van der Waals surface area (Å²) in [4.78, 5) is 22.7. The lowest BCUT2D eigenvalue weighted by Crippen LogP contribution is -2.36. The molecule has 1 aliphatic rings. The van der Waals surface area contributed by atoms with Gasteiger partial charge < -0.3 is 9.64 Å². The molecule has 2 atom stereocenters. The van der Waals surface area contributed by atoms with E-state index in [1.165, 1.54) is 6.33 Å². The molecule has 3 heterocycles. The lowest BCUT2D eigenvalue weighted by molar-refractivity contribution is 0.0549. The van der Waals surface area contributed by atoms with E-state index in [9.17, 15) is 4.79 Å². The Morgan fingerprint density at radius 2 is 2.39 bits per heavy atom. The molecule has 0 aromatic carbocycles. The van der Waals surface area contributed by atoms with Crippen LogP contribution in [-0.2, 0) is 11.2 Å². The van der Waals surface area contributed by atoms with E-state index in [2.05, 4.69) is 20.2 Å². The summed E-state index contributed by atoms with van der Waals surface area (Å²) in [7, 11) is 1.81. The summed E-state index contributed by atoms with van der Waals surface area (Å²) in [5.74, 6) is 0.971. The maximum atomic E-state index is 12.7. The summed E-state index contributed by atoms with van der Waals surface area (Å²) < 4.78 is 5.81. The van der Waals surface area contributed by atoms with Crippen molar-refractivity contribution in [1.29, 1.82) is 0 Å². The highest BCUT2D eigenvalue weighted by Crippen LogP contribution is 2.29. The zero-order chi connectivity index (χ0) is 16.2. The van der Waals surface area contributed by atoms with Gasteiger partial charge in [0, 0.05) is 44.1 Å². The van der Waals surface area contributed by atoms with Crippen molar-refractivity contribution in [3.05, 3.63) is 41.7 Å². The molecule has 0 unspecified atom stereocenters. The van der Waals surface area contributed by atoms with Gasteiger partial charge in [-0.3, -0.25) is 14.9 Å². The number of H-pyrrole nitrogens is 1. The molecule has 1 saturated heterocycles. The second kappa shape index (κ2) is 6.87. The minimum absolute atomic E-state index is 0.00364. The van der Waals surface area contributed by atoms with Crippen molar-refractivity contribution < 1.29 is 9.53 Å². The number of aromatic nitrogens is 4. The number of ether oxygens (including phenoxy) is 1. The molecule has 0 radical (unpaired) electrons. The third kappa shape index (κ3) is 3.24. The Labute approximate surface area is 135 Å². The molecular formula is C16H21N5O2. The molecule has 1 aliphatic heterocycles. The topological polar surface area (TPSA) is 84.0 Å². The SMILES string of the molecule is CCc1cnccc1C(=O)N(C)C[C@H]1OCC[C@H]1c1ncn[nH]1. The van der Waals surface area contributed by atoms with Crippen molar-refractivity contribution in [2.45, 2.75) is 31.8 Å². The van der Waals surface area contributed by atoms with Crippen molar-refractivity contribution >= 4 is 5.91 Å². The van der Waals surface area contributed by atoms with E-state index in [4.69, 9.17) is 4.74 Å². The number of aromatic amines is 1. The van der Waals surface area contributed by atoms with Crippen molar-refractivity contribution in [2.75, 3.05) is 20.2 Å². The van der Waals surface area contributed by atoms with Crippen molar-refractivity contribution in [3.63, 3.8) is 0 Å². The first-order valence-corrected chi connectivity index (χ1v) is 7.86. The lowest BCUT2D eigenvalue weighted by atomic mass is 10.00. The van der Waals surface area contributed by atoms with Gasteiger partial charge in [-0.05, 0) is 24.5 Å². The first-order valence-electron chi connectivity index (χ1n) is 7.86. The average molecular weight is 315 g/mol. The van der Waals surface area contributed by atoms with Crippen LogP contribution in [0.4, 0.5) is 0 Å². The largest absolute Gasteiger partial charge is 0.376 e. The molecule has 0 bridgehead atoms. The summed E-state index contributed by atoms with van der Waals surface area (Å²) in [6.07, 6.45) is 6.52. The van der Waals surface area contributed by atoms with E-state index >= 15 is 0 Å². The first kappa shape index (κ1) is 15.6. The number of nitrogens with zero attached hydrogens (tertiary/aromatic N) is 4. The number of amides is 1. The van der Waals surface area contributed by atoms with E-state index < -0.39 is 0 Å². The highest BCUT2D eigenvalue weighted by Gasteiger charge is 2.33. The number of nitrogens with one attached hydrogen (secondary N) is 1. The fourth-order valence-corrected chi connectivity index (χ4v) is 3.01. The second-order valence-corrected chi connectivity index (χ2v) is 5.75. The van der Waals surface area contributed by atoms with Crippen LogP contribution in [0.25, 0.3) is 0 Å². The predicted octanol–water partition coefficient (Wildman–Crippen LogP) is 1.41. The van der Waals surface area contributed by atoms with Gasteiger partial charge in [-0.1, -0.05) is 6.92 Å². The number of hydrogen-bond donors (Lipinski definition) is 1.